The lowest BCUT2D eigenvalue weighted by molar-refractivity contribution is -0.106. The molecule has 0 unspecified atom stereocenters. The van der Waals surface area contributed by atoms with Crippen molar-refractivity contribution in [3.05, 3.63) is 0 Å². The molecule has 0 aliphatic heterocycles. The fraction of sp³-hybridized carbons (Fsp3) is 0.500. The Kier molecular flexibility index (Phi) is 12.6. The molecule has 0 aromatic rings. The van der Waals surface area contributed by atoms with Gasteiger partial charge in [-0.2, -0.15) is 0 Å². The first kappa shape index (κ1) is 10.4. The summed E-state index contributed by atoms with van der Waals surface area (Å²) in [5.74, 6) is 0. The molecule has 48 valence electrons. The molecule has 0 aliphatic carbocycles. The third kappa shape index (κ3) is 52.1. The van der Waals surface area contributed by atoms with Crippen molar-refractivity contribution >= 4 is 23.3 Å². The van der Waals surface area contributed by atoms with Crippen LogP contribution in [0.2, 0.25) is 0 Å². The van der Waals surface area contributed by atoms with E-state index < -0.39 is 5.43 Å². The molecule has 0 rings (SSSR count). The molecule has 0 aromatic carbocycles. The van der Waals surface area contributed by atoms with E-state index in [-0.39, 0.29) is 0 Å². The molecule has 0 saturated carbocycles. The maximum atomic E-state index is 9.36. The van der Waals surface area contributed by atoms with Crippen molar-refractivity contribution in [3.63, 3.8) is 0 Å². The maximum Gasteiger partial charge on any atom is 0.403 e. The number of halogens is 1. The molecule has 0 amide bonds. The summed E-state index contributed by atoms with van der Waals surface area (Å²) in [7, 11) is 1.22. The van der Waals surface area contributed by atoms with Crippen molar-refractivity contribution < 1.29 is 14.3 Å². The summed E-state index contributed by atoms with van der Waals surface area (Å²) in [6.45, 7) is 1.44. The van der Waals surface area contributed by atoms with Crippen LogP contribution in [-0.4, -0.2) is 18.8 Å². The number of methoxy groups -OCH3 is 1. The summed E-state index contributed by atoms with van der Waals surface area (Å²) in [5.41, 5.74) is -0.773. The Balaban J connectivity index is 0. The number of carbonyl (C=O) groups excluding carboxylic acids is 2. The minimum atomic E-state index is -0.773. The fourth-order valence-electron chi connectivity index (χ4n) is 0. The van der Waals surface area contributed by atoms with Gasteiger partial charge in [-0.3, -0.25) is 0 Å². The lowest BCUT2D eigenvalue weighted by atomic mass is 11.0. The molecule has 0 heterocycles. The van der Waals surface area contributed by atoms with Crippen LogP contribution in [0.4, 0.5) is 4.79 Å². The van der Waals surface area contributed by atoms with Gasteiger partial charge in [0, 0.05) is 11.6 Å². The lowest BCUT2D eigenvalue weighted by Gasteiger charge is -1.77. The van der Waals surface area contributed by atoms with Crippen LogP contribution in [-0.2, 0) is 9.53 Å². The minimum Gasteiger partial charge on any atom is -0.457 e. The van der Waals surface area contributed by atoms with E-state index in [2.05, 4.69) is 16.3 Å². The van der Waals surface area contributed by atoms with E-state index in [1.807, 2.05) is 0 Å². The van der Waals surface area contributed by atoms with Gasteiger partial charge in [0.15, 0.2) is 0 Å². The summed E-state index contributed by atoms with van der Waals surface area (Å²) in [4.78, 5) is 18.2. The average Bonchev–Trinajstić information content (AvgIpc) is 1.69. The summed E-state index contributed by atoms with van der Waals surface area (Å²) in [6.07, 6.45) is 0.750. The molecule has 3 nitrogen and oxygen atoms in total. The third-order valence-electron chi connectivity index (χ3n) is 0.160. The second-order valence-electron chi connectivity index (χ2n) is 0.677. The number of hydrogen-bond acceptors (Lipinski definition) is 3. The van der Waals surface area contributed by atoms with Gasteiger partial charge >= 0.3 is 5.43 Å². The van der Waals surface area contributed by atoms with Crippen LogP contribution >= 0.6 is 11.6 Å². The van der Waals surface area contributed by atoms with E-state index in [1.54, 1.807) is 0 Å². The maximum absolute atomic E-state index is 9.36. The van der Waals surface area contributed by atoms with Gasteiger partial charge in [-0.15, -0.1) is 0 Å². The van der Waals surface area contributed by atoms with Gasteiger partial charge in [-0.25, -0.2) is 4.79 Å². The van der Waals surface area contributed by atoms with Gasteiger partial charge in [0.05, 0.1) is 7.11 Å². The van der Waals surface area contributed by atoms with Crippen LogP contribution < -0.4 is 0 Å². The van der Waals surface area contributed by atoms with Crippen LogP contribution in [0.25, 0.3) is 0 Å². The van der Waals surface area contributed by atoms with E-state index in [0.717, 1.165) is 6.29 Å². The van der Waals surface area contributed by atoms with E-state index in [1.165, 1.54) is 14.0 Å². The Morgan fingerprint density at radius 1 is 1.75 bits per heavy atom. The van der Waals surface area contributed by atoms with Crippen LogP contribution in [0.3, 0.4) is 0 Å². The van der Waals surface area contributed by atoms with Crippen LogP contribution in [0.15, 0.2) is 0 Å². The number of carbonyl (C=O) groups is 2. The minimum absolute atomic E-state index is 0.750. The Morgan fingerprint density at radius 3 is 1.88 bits per heavy atom. The number of ether oxygens (including phenoxy) is 1. The van der Waals surface area contributed by atoms with Gasteiger partial charge in [-0.05, 0) is 6.92 Å². The zero-order chi connectivity index (χ0) is 6.99. The smallest absolute Gasteiger partial charge is 0.403 e. The van der Waals surface area contributed by atoms with Crippen LogP contribution in [0.5, 0.6) is 0 Å². The van der Waals surface area contributed by atoms with Crippen LogP contribution in [0.1, 0.15) is 6.92 Å². The summed E-state index contributed by atoms with van der Waals surface area (Å²) < 4.78 is 3.88. The number of hydrogen-bond donors (Lipinski definition) is 0. The molecule has 0 radical (unpaired) electrons. The summed E-state index contributed by atoms with van der Waals surface area (Å²) in [6, 6.07) is 0. The molecule has 0 aliphatic rings. The Hall–Kier alpha value is -0.570. The molecule has 0 saturated heterocycles. The zero-order valence-electron chi connectivity index (χ0n) is 4.68. The van der Waals surface area contributed by atoms with Crippen molar-refractivity contribution in [1.82, 2.24) is 0 Å². The highest BCUT2D eigenvalue weighted by atomic mass is 35.5. The third-order valence-corrected chi connectivity index (χ3v) is 0.315. The molecule has 0 bridgehead atoms. The summed E-state index contributed by atoms with van der Waals surface area (Å²) in [5, 5.41) is 0. The van der Waals surface area contributed by atoms with Gasteiger partial charge in [0.1, 0.15) is 6.29 Å². The van der Waals surface area contributed by atoms with Gasteiger partial charge in [0.25, 0.3) is 0 Å². The highest BCUT2D eigenvalue weighted by Gasteiger charge is 1.80. The predicted molar refractivity (Wildman–Crippen MR) is 30.0 cm³/mol. The molecule has 0 atom stereocenters. The van der Waals surface area contributed by atoms with E-state index in [4.69, 9.17) is 4.79 Å². The topological polar surface area (TPSA) is 43.4 Å². The Morgan fingerprint density at radius 2 is 1.88 bits per heavy atom. The molecule has 0 N–H and O–H groups in total. The van der Waals surface area contributed by atoms with Crippen molar-refractivity contribution in [2.75, 3.05) is 7.11 Å². The largest absolute Gasteiger partial charge is 0.457 e. The van der Waals surface area contributed by atoms with Crippen molar-refractivity contribution in [1.29, 1.82) is 0 Å². The quantitative estimate of drug-likeness (QED) is 0.373. The van der Waals surface area contributed by atoms with Gasteiger partial charge < -0.3 is 9.53 Å². The normalized spacial score (nSPS) is 5.88. The van der Waals surface area contributed by atoms with E-state index >= 15 is 0 Å². The standard InChI is InChI=1S/C2H3ClO2.C2H4O/c1-5-2(3)4;1-2-3/h1H3;2H,1H3. The molecule has 4 heteroatoms. The first-order chi connectivity index (χ1) is 3.68. The predicted octanol–water partition coefficient (Wildman–Crippen LogP) is 1.20. The van der Waals surface area contributed by atoms with E-state index in [9.17, 15) is 4.79 Å². The Labute approximate surface area is 52.6 Å². The fourth-order valence-corrected chi connectivity index (χ4v) is 0. The molecule has 0 fully saturated rings. The first-order valence-electron chi connectivity index (χ1n) is 1.82. The highest BCUT2D eigenvalue weighted by Crippen LogP contribution is 1.78. The van der Waals surface area contributed by atoms with Crippen molar-refractivity contribution in [2.45, 2.75) is 6.92 Å². The monoisotopic (exact) mass is 138 g/mol. The van der Waals surface area contributed by atoms with E-state index in [0.29, 0.717) is 0 Å². The molecule has 0 spiro atoms. The number of rotatable bonds is 0. The molecule has 0 aromatic heterocycles. The number of aldehydes is 1. The molecule has 8 heavy (non-hydrogen) atoms. The Bertz CT molecular complexity index is 71.7. The highest BCUT2D eigenvalue weighted by molar-refractivity contribution is 6.61. The molecular formula is C4H7ClO3. The van der Waals surface area contributed by atoms with Gasteiger partial charge in [0.2, 0.25) is 0 Å². The zero-order valence-corrected chi connectivity index (χ0v) is 5.44. The lowest BCUT2D eigenvalue weighted by Crippen LogP contribution is -1.80. The second-order valence-corrected chi connectivity index (χ2v) is 0.986. The SMILES string of the molecule is CC=O.COC(=O)Cl. The average molecular weight is 139 g/mol. The van der Waals surface area contributed by atoms with Crippen molar-refractivity contribution in [2.24, 2.45) is 0 Å². The second kappa shape index (κ2) is 9.66. The van der Waals surface area contributed by atoms with Gasteiger partial charge in [-0.1, -0.05) is 0 Å². The van der Waals surface area contributed by atoms with Crippen LogP contribution in [0, 0.1) is 0 Å². The van der Waals surface area contributed by atoms with Crippen molar-refractivity contribution in [3.8, 4) is 0 Å². The molecular weight excluding hydrogens is 131 g/mol. The first-order valence-corrected chi connectivity index (χ1v) is 2.20. The summed E-state index contributed by atoms with van der Waals surface area (Å²) >= 11 is 4.60.